The van der Waals surface area contributed by atoms with Gasteiger partial charge < -0.3 is 20.7 Å². The smallest absolute Gasteiger partial charge is 0.315 e. The van der Waals surface area contributed by atoms with Crippen LogP contribution in [0.1, 0.15) is 15.9 Å². The Morgan fingerprint density at radius 2 is 1.54 bits per heavy atom. The minimum Gasteiger partial charge on any atom is -0.497 e. The lowest BCUT2D eigenvalue weighted by atomic mass is 10.1. The molecular formula is C22H23N3O3. The predicted octanol–water partition coefficient (Wildman–Crippen LogP) is 3.08. The molecular weight excluding hydrogens is 354 g/mol. The van der Waals surface area contributed by atoms with Gasteiger partial charge in [-0.2, -0.15) is 0 Å². The van der Waals surface area contributed by atoms with E-state index in [-0.39, 0.29) is 11.9 Å². The van der Waals surface area contributed by atoms with E-state index in [2.05, 4.69) is 16.0 Å². The number of amides is 3. The van der Waals surface area contributed by atoms with Gasteiger partial charge in [-0.15, -0.1) is 0 Å². The Kier molecular flexibility index (Phi) is 6.46. The van der Waals surface area contributed by atoms with Crippen LogP contribution in [0.3, 0.4) is 0 Å². The zero-order valence-corrected chi connectivity index (χ0v) is 15.7. The van der Waals surface area contributed by atoms with Crippen molar-refractivity contribution in [3.05, 3.63) is 77.9 Å². The second-order valence-electron chi connectivity index (χ2n) is 6.28. The number of carbonyl (C=O) groups excluding carboxylic acids is 2. The van der Waals surface area contributed by atoms with Crippen LogP contribution in [0.2, 0.25) is 0 Å². The predicted molar refractivity (Wildman–Crippen MR) is 110 cm³/mol. The van der Waals surface area contributed by atoms with E-state index >= 15 is 0 Å². The van der Waals surface area contributed by atoms with Crippen molar-refractivity contribution >= 4 is 22.7 Å². The lowest BCUT2D eigenvalue weighted by molar-refractivity contribution is 0.0954. The summed E-state index contributed by atoms with van der Waals surface area (Å²) in [5.74, 6) is 0.660. The number of methoxy groups -OCH3 is 1. The first-order valence-electron chi connectivity index (χ1n) is 9.07. The Labute approximate surface area is 163 Å². The van der Waals surface area contributed by atoms with Gasteiger partial charge >= 0.3 is 6.03 Å². The highest BCUT2D eigenvalue weighted by atomic mass is 16.5. The Morgan fingerprint density at radius 3 is 2.32 bits per heavy atom. The van der Waals surface area contributed by atoms with E-state index < -0.39 is 0 Å². The third kappa shape index (κ3) is 5.23. The molecule has 6 nitrogen and oxygen atoms in total. The van der Waals surface area contributed by atoms with Crippen LogP contribution >= 0.6 is 0 Å². The Hall–Kier alpha value is -3.54. The number of rotatable bonds is 7. The van der Waals surface area contributed by atoms with Crippen molar-refractivity contribution in [3.63, 3.8) is 0 Å². The lowest BCUT2D eigenvalue weighted by Crippen LogP contribution is -2.40. The highest BCUT2D eigenvalue weighted by molar-refractivity contribution is 5.94. The van der Waals surface area contributed by atoms with Crippen LogP contribution in [0.25, 0.3) is 10.8 Å². The summed E-state index contributed by atoms with van der Waals surface area (Å²) < 4.78 is 5.23. The molecule has 0 saturated carbocycles. The molecule has 3 aromatic rings. The number of nitrogens with one attached hydrogen (secondary N) is 3. The van der Waals surface area contributed by atoms with Crippen molar-refractivity contribution in [1.29, 1.82) is 0 Å². The SMILES string of the molecule is COc1ccc2cc(CNC(=O)NCCNC(=O)c3ccccc3)ccc2c1. The van der Waals surface area contributed by atoms with Gasteiger partial charge in [0.05, 0.1) is 7.11 Å². The van der Waals surface area contributed by atoms with Crippen LogP contribution in [0, 0.1) is 0 Å². The molecule has 3 rings (SSSR count). The van der Waals surface area contributed by atoms with Crippen molar-refractivity contribution in [2.24, 2.45) is 0 Å². The fraction of sp³-hybridized carbons (Fsp3) is 0.182. The van der Waals surface area contributed by atoms with E-state index in [1.165, 1.54) is 0 Å². The van der Waals surface area contributed by atoms with Gasteiger partial charge in [-0.25, -0.2) is 4.79 Å². The van der Waals surface area contributed by atoms with Crippen LogP contribution < -0.4 is 20.7 Å². The van der Waals surface area contributed by atoms with Gasteiger partial charge in [0.15, 0.2) is 0 Å². The van der Waals surface area contributed by atoms with Crippen LogP contribution in [0.15, 0.2) is 66.7 Å². The van der Waals surface area contributed by atoms with E-state index in [1.54, 1.807) is 19.2 Å². The number of fused-ring (bicyclic) bond motifs is 1. The Balaban J connectivity index is 1.40. The molecule has 0 saturated heterocycles. The number of urea groups is 1. The quantitative estimate of drug-likeness (QED) is 0.554. The summed E-state index contributed by atoms with van der Waals surface area (Å²) in [5.41, 5.74) is 1.60. The van der Waals surface area contributed by atoms with E-state index in [0.717, 1.165) is 22.1 Å². The van der Waals surface area contributed by atoms with Gasteiger partial charge in [-0.1, -0.05) is 36.4 Å². The summed E-state index contributed by atoms with van der Waals surface area (Å²) in [6, 6.07) is 20.6. The van der Waals surface area contributed by atoms with E-state index in [1.807, 2.05) is 54.6 Å². The largest absolute Gasteiger partial charge is 0.497 e. The Morgan fingerprint density at radius 1 is 0.821 bits per heavy atom. The number of ether oxygens (including phenoxy) is 1. The lowest BCUT2D eigenvalue weighted by Gasteiger charge is -2.10. The molecule has 3 aromatic carbocycles. The third-order valence-electron chi connectivity index (χ3n) is 4.30. The molecule has 0 radical (unpaired) electrons. The standard InChI is InChI=1S/C22H23N3O3/c1-28-20-10-9-18-13-16(7-8-19(18)14-20)15-25-22(27)24-12-11-23-21(26)17-5-3-2-4-6-17/h2-10,13-14H,11-12,15H2,1H3,(H,23,26)(H2,24,25,27). The minimum atomic E-state index is -0.274. The van der Waals surface area contributed by atoms with Crippen molar-refractivity contribution in [3.8, 4) is 5.75 Å². The average Bonchev–Trinajstić information content (AvgIpc) is 2.75. The summed E-state index contributed by atoms with van der Waals surface area (Å²) in [6.45, 7) is 1.13. The van der Waals surface area contributed by atoms with Crippen molar-refractivity contribution < 1.29 is 14.3 Å². The molecule has 0 unspecified atom stereocenters. The molecule has 0 aliphatic heterocycles. The van der Waals surface area contributed by atoms with Crippen LogP contribution in [-0.2, 0) is 6.54 Å². The van der Waals surface area contributed by atoms with E-state index in [9.17, 15) is 9.59 Å². The van der Waals surface area contributed by atoms with Crippen LogP contribution in [-0.4, -0.2) is 32.1 Å². The van der Waals surface area contributed by atoms with Gasteiger partial charge in [0, 0.05) is 25.2 Å². The zero-order valence-electron chi connectivity index (χ0n) is 15.7. The maximum Gasteiger partial charge on any atom is 0.315 e. The topological polar surface area (TPSA) is 79.5 Å². The Bertz CT molecular complexity index is 958. The molecule has 0 heterocycles. The first kappa shape index (κ1) is 19.2. The van der Waals surface area contributed by atoms with Crippen molar-refractivity contribution in [1.82, 2.24) is 16.0 Å². The fourth-order valence-corrected chi connectivity index (χ4v) is 2.80. The monoisotopic (exact) mass is 377 g/mol. The molecule has 0 spiro atoms. The maximum absolute atomic E-state index is 11.9. The fourth-order valence-electron chi connectivity index (χ4n) is 2.80. The zero-order chi connectivity index (χ0) is 19.8. The molecule has 0 fully saturated rings. The minimum absolute atomic E-state index is 0.157. The third-order valence-corrected chi connectivity index (χ3v) is 4.30. The summed E-state index contributed by atoms with van der Waals surface area (Å²) in [7, 11) is 1.64. The molecule has 6 heteroatoms. The first-order valence-corrected chi connectivity index (χ1v) is 9.07. The van der Waals surface area contributed by atoms with Crippen LogP contribution in [0.4, 0.5) is 4.79 Å². The molecule has 0 atom stereocenters. The first-order chi connectivity index (χ1) is 13.7. The second kappa shape index (κ2) is 9.41. The molecule has 144 valence electrons. The number of hydrogen-bond donors (Lipinski definition) is 3. The summed E-state index contributed by atoms with van der Waals surface area (Å²) >= 11 is 0. The van der Waals surface area contributed by atoms with Gasteiger partial charge in [-0.3, -0.25) is 4.79 Å². The number of carbonyl (C=O) groups is 2. The van der Waals surface area contributed by atoms with Gasteiger partial charge in [-0.05, 0) is 46.7 Å². The molecule has 0 aliphatic rings. The average molecular weight is 377 g/mol. The van der Waals surface area contributed by atoms with Crippen molar-refractivity contribution in [2.45, 2.75) is 6.54 Å². The van der Waals surface area contributed by atoms with Gasteiger partial charge in [0.2, 0.25) is 0 Å². The van der Waals surface area contributed by atoms with E-state index in [4.69, 9.17) is 4.74 Å². The molecule has 3 amide bonds. The maximum atomic E-state index is 11.9. The second-order valence-corrected chi connectivity index (χ2v) is 6.28. The molecule has 0 aliphatic carbocycles. The molecule has 0 bridgehead atoms. The highest BCUT2D eigenvalue weighted by Crippen LogP contribution is 2.21. The highest BCUT2D eigenvalue weighted by Gasteiger charge is 2.05. The summed E-state index contributed by atoms with van der Waals surface area (Å²) in [5, 5.41) is 10.5. The number of benzene rings is 3. The van der Waals surface area contributed by atoms with Crippen molar-refractivity contribution in [2.75, 3.05) is 20.2 Å². The molecule has 3 N–H and O–H groups in total. The summed E-state index contributed by atoms with van der Waals surface area (Å²) in [4.78, 5) is 23.8. The summed E-state index contributed by atoms with van der Waals surface area (Å²) in [6.07, 6.45) is 0. The van der Waals surface area contributed by atoms with Crippen LogP contribution in [0.5, 0.6) is 5.75 Å². The molecule has 28 heavy (non-hydrogen) atoms. The van der Waals surface area contributed by atoms with Gasteiger partial charge in [0.1, 0.15) is 5.75 Å². The van der Waals surface area contributed by atoms with Gasteiger partial charge in [0.25, 0.3) is 5.91 Å². The number of hydrogen-bond acceptors (Lipinski definition) is 3. The molecule has 0 aromatic heterocycles. The normalized spacial score (nSPS) is 10.3. The van der Waals surface area contributed by atoms with E-state index in [0.29, 0.717) is 25.2 Å².